The molecule has 0 spiro atoms. The van der Waals surface area contributed by atoms with E-state index in [9.17, 15) is 4.79 Å². The standard InChI is InChI=1S/C16H23NO/c1-11(2)14-6-5-13-7-8-17(10-15(13)9-14)16(18)12(3)4/h5-6,9,11-12H,7-8,10H2,1-4H3. The Bertz CT molecular complexity index is 448. The van der Waals surface area contributed by atoms with Crippen molar-refractivity contribution in [3.63, 3.8) is 0 Å². The summed E-state index contributed by atoms with van der Waals surface area (Å²) in [5.41, 5.74) is 4.11. The van der Waals surface area contributed by atoms with E-state index in [4.69, 9.17) is 0 Å². The van der Waals surface area contributed by atoms with Gasteiger partial charge in [0.05, 0.1) is 0 Å². The number of nitrogens with zero attached hydrogens (tertiary/aromatic N) is 1. The molecule has 2 rings (SSSR count). The lowest BCUT2D eigenvalue weighted by Gasteiger charge is -2.30. The molecular weight excluding hydrogens is 222 g/mol. The van der Waals surface area contributed by atoms with E-state index >= 15 is 0 Å². The van der Waals surface area contributed by atoms with Crippen molar-refractivity contribution in [1.29, 1.82) is 0 Å². The van der Waals surface area contributed by atoms with Gasteiger partial charge in [-0.1, -0.05) is 45.9 Å². The molecule has 0 aliphatic carbocycles. The molecule has 0 atom stereocenters. The Morgan fingerprint density at radius 2 is 1.89 bits per heavy atom. The fourth-order valence-corrected chi connectivity index (χ4v) is 2.49. The third kappa shape index (κ3) is 2.58. The second kappa shape index (κ2) is 5.13. The summed E-state index contributed by atoms with van der Waals surface area (Å²) in [6, 6.07) is 6.74. The Balaban J connectivity index is 2.22. The molecule has 0 saturated carbocycles. The van der Waals surface area contributed by atoms with E-state index in [1.807, 2.05) is 18.7 Å². The molecule has 2 heteroatoms. The number of fused-ring (bicyclic) bond motifs is 1. The highest BCUT2D eigenvalue weighted by molar-refractivity contribution is 5.78. The van der Waals surface area contributed by atoms with Crippen LogP contribution in [0.1, 0.15) is 50.3 Å². The van der Waals surface area contributed by atoms with Crippen LogP contribution in [0.4, 0.5) is 0 Å². The second-order valence-corrected chi connectivity index (χ2v) is 5.85. The Morgan fingerprint density at radius 3 is 2.50 bits per heavy atom. The molecule has 0 N–H and O–H groups in total. The first kappa shape index (κ1) is 13.1. The molecular formula is C16H23NO. The minimum Gasteiger partial charge on any atom is -0.338 e. The van der Waals surface area contributed by atoms with Gasteiger partial charge < -0.3 is 4.90 Å². The lowest BCUT2D eigenvalue weighted by atomic mass is 9.93. The Kier molecular flexibility index (Phi) is 3.74. The van der Waals surface area contributed by atoms with Gasteiger partial charge in [0.2, 0.25) is 5.91 Å². The van der Waals surface area contributed by atoms with Gasteiger partial charge in [-0.15, -0.1) is 0 Å². The second-order valence-electron chi connectivity index (χ2n) is 5.85. The number of carbonyl (C=O) groups excluding carboxylic acids is 1. The molecule has 18 heavy (non-hydrogen) atoms. The monoisotopic (exact) mass is 245 g/mol. The molecule has 1 aliphatic heterocycles. The van der Waals surface area contributed by atoms with Crippen molar-refractivity contribution in [2.75, 3.05) is 6.54 Å². The first-order chi connectivity index (χ1) is 8.49. The van der Waals surface area contributed by atoms with E-state index in [2.05, 4.69) is 32.0 Å². The maximum Gasteiger partial charge on any atom is 0.225 e. The SMILES string of the molecule is CC(C)C(=O)N1CCc2ccc(C(C)C)cc2C1. The zero-order valence-electron chi connectivity index (χ0n) is 11.9. The van der Waals surface area contributed by atoms with Gasteiger partial charge in [-0.05, 0) is 29.0 Å². The molecule has 1 aromatic rings. The number of amides is 1. The normalized spacial score (nSPS) is 15.1. The summed E-state index contributed by atoms with van der Waals surface area (Å²) < 4.78 is 0. The molecule has 98 valence electrons. The molecule has 0 aromatic heterocycles. The Morgan fingerprint density at radius 1 is 1.17 bits per heavy atom. The largest absolute Gasteiger partial charge is 0.338 e. The van der Waals surface area contributed by atoms with E-state index in [1.165, 1.54) is 16.7 Å². The molecule has 1 aromatic carbocycles. The summed E-state index contributed by atoms with van der Waals surface area (Å²) in [6.07, 6.45) is 0.992. The highest BCUT2D eigenvalue weighted by Crippen LogP contribution is 2.24. The summed E-state index contributed by atoms with van der Waals surface area (Å²) >= 11 is 0. The van der Waals surface area contributed by atoms with Crippen LogP contribution < -0.4 is 0 Å². The quantitative estimate of drug-likeness (QED) is 0.782. The van der Waals surface area contributed by atoms with Gasteiger partial charge in [-0.25, -0.2) is 0 Å². The first-order valence-corrected chi connectivity index (χ1v) is 6.89. The van der Waals surface area contributed by atoms with Gasteiger partial charge in [-0.3, -0.25) is 4.79 Å². The van der Waals surface area contributed by atoms with Gasteiger partial charge >= 0.3 is 0 Å². The Hall–Kier alpha value is -1.31. The summed E-state index contributed by atoms with van der Waals surface area (Å²) in [5.74, 6) is 0.918. The van der Waals surface area contributed by atoms with Crippen LogP contribution in [0, 0.1) is 5.92 Å². The average Bonchev–Trinajstić information content (AvgIpc) is 2.36. The van der Waals surface area contributed by atoms with Crippen LogP contribution in [-0.2, 0) is 17.8 Å². The number of benzene rings is 1. The third-order valence-corrected chi connectivity index (χ3v) is 3.71. The minimum atomic E-state index is 0.0971. The topological polar surface area (TPSA) is 20.3 Å². The number of hydrogen-bond acceptors (Lipinski definition) is 1. The zero-order chi connectivity index (χ0) is 13.3. The van der Waals surface area contributed by atoms with Crippen LogP contribution in [0.3, 0.4) is 0 Å². The van der Waals surface area contributed by atoms with E-state index < -0.39 is 0 Å². The van der Waals surface area contributed by atoms with Crippen LogP contribution in [0.2, 0.25) is 0 Å². The van der Waals surface area contributed by atoms with Crippen molar-refractivity contribution < 1.29 is 4.79 Å². The van der Waals surface area contributed by atoms with Gasteiger partial charge in [-0.2, -0.15) is 0 Å². The van der Waals surface area contributed by atoms with Crippen molar-refractivity contribution in [2.45, 2.75) is 46.6 Å². The van der Waals surface area contributed by atoms with Crippen molar-refractivity contribution >= 4 is 5.91 Å². The number of hydrogen-bond donors (Lipinski definition) is 0. The lowest BCUT2D eigenvalue weighted by molar-refractivity contribution is -0.135. The predicted molar refractivity (Wildman–Crippen MR) is 74.5 cm³/mol. The maximum absolute atomic E-state index is 12.1. The summed E-state index contributed by atoms with van der Waals surface area (Å²) in [7, 11) is 0. The number of carbonyl (C=O) groups is 1. The van der Waals surface area contributed by atoms with Crippen LogP contribution in [0.5, 0.6) is 0 Å². The van der Waals surface area contributed by atoms with Crippen LogP contribution >= 0.6 is 0 Å². The molecule has 0 bridgehead atoms. The average molecular weight is 245 g/mol. The van der Waals surface area contributed by atoms with Gasteiger partial charge in [0.15, 0.2) is 0 Å². The molecule has 1 heterocycles. The van der Waals surface area contributed by atoms with E-state index in [0.29, 0.717) is 5.92 Å². The maximum atomic E-state index is 12.1. The van der Waals surface area contributed by atoms with Crippen molar-refractivity contribution in [3.8, 4) is 0 Å². The molecule has 0 fully saturated rings. The smallest absolute Gasteiger partial charge is 0.225 e. The summed E-state index contributed by atoms with van der Waals surface area (Å²) in [5, 5.41) is 0. The Labute approximate surface area is 110 Å². The zero-order valence-corrected chi connectivity index (χ0v) is 11.9. The van der Waals surface area contributed by atoms with Gasteiger partial charge in [0.25, 0.3) is 0 Å². The molecule has 2 nitrogen and oxygen atoms in total. The van der Waals surface area contributed by atoms with Gasteiger partial charge in [0, 0.05) is 19.0 Å². The van der Waals surface area contributed by atoms with Crippen molar-refractivity contribution in [3.05, 3.63) is 34.9 Å². The van der Waals surface area contributed by atoms with Crippen molar-refractivity contribution in [2.24, 2.45) is 5.92 Å². The fourth-order valence-electron chi connectivity index (χ4n) is 2.49. The predicted octanol–water partition coefficient (Wildman–Crippen LogP) is 3.35. The first-order valence-electron chi connectivity index (χ1n) is 6.89. The summed E-state index contributed by atoms with van der Waals surface area (Å²) in [4.78, 5) is 14.0. The van der Waals surface area contributed by atoms with Crippen LogP contribution in [0.25, 0.3) is 0 Å². The number of rotatable bonds is 2. The van der Waals surface area contributed by atoms with Gasteiger partial charge in [0.1, 0.15) is 0 Å². The van der Waals surface area contributed by atoms with E-state index in [1.54, 1.807) is 0 Å². The highest BCUT2D eigenvalue weighted by atomic mass is 16.2. The molecule has 1 amide bonds. The fraction of sp³-hybridized carbons (Fsp3) is 0.562. The van der Waals surface area contributed by atoms with Crippen LogP contribution in [0.15, 0.2) is 18.2 Å². The lowest BCUT2D eigenvalue weighted by Crippen LogP contribution is -2.38. The molecule has 0 unspecified atom stereocenters. The molecule has 0 saturated heterocycles. The molecule has 0 radical (unpaired) electrons. The summed E-state index contributed by atoms with van der Waals surface area (Å²) in [6.45, 7) is 10.0. The van der Waals surface area contributed by atoms with E-state index in [-0.39, 0.29) is 11.8 Å². The van der Waals surface area contributed by atoms with Crippen LogP contribution in [-0.4, -0.2) is 17.4 Å². The highest BCUT2D eigenvalue weighted by Gasteiger charge is 2.22. The van der Waals surface area contributed by atoms with Crippen molar-refractivity contribution in [1.82, 2.24) is 4.90 Å². The molecule has 1 aliphatic rings. The third-order valence-electron chi connectivity index (χ3n) is 3.71. The minimum absolute atomic E-state index is 0.0971. The van der Waals surface area contributed by atoms with E-state index in [0.717, 1.165) is 19.5 Å².